The van der Waals surface area contributed by atoms with E-state index in [1.165, 1.54) is 94.9 Å². The average Bonchev–Trinajstić information content (AvgIpc) is 3.07. The van der Waals surface area contributed by atoms with Crippen molar-refractivity contribution in [1.82, 2.24) is 0 Å². The van der Waals surface area contributed by atoms with Gasteiger partial charge in [-0.05, 0) is 42.8 Å². The van der Waals surface area contributed by atoms with Crippen LogP contribution in [-0.2, 0) is 19.0 Å². The summed E-state index contributed by atoms with van der Waals surface area (Å²) in [6, 6.07) is 16.1. The highest BCUT2D eigenvalue weighted by atomic mass is 16.7. The summed E-state index contributed by atoms with van der Waals surface area (Å²) >= 11 is 0. The largest absolute Gasteiger partial charge is 0.451 e. The first kappa shape index (κ1) is 37.0. The van der Waals surface area contributed by atoms with Gasteiger partial charge >= 0.3 is 17.9 Å². The second kappa shape index (κ2) is 20.6. The number of aliphatic hydroxyl groups excluding tert-OH is 1. The number of hydrogen-bond donors (Lipinski definition) is 2. The van der Waals surface area contributed by atoms with E-state index >= 15 is 0 Å². The number of ether oxygens (including phenoxy) is 3. The van der Waals surface area contributed by atoms with Crippen LogP contribution in [0.4, 0.5) is 0 Å². The fraction of sp³-hybridized carbons (Fsp3) is 0.553. The lowest BCUT2D eigenvalue weighted by molar-refractivity contribution is -0.282. The molecule has 0 heterocycles. The molecule has 0 saturated heterocycles. The van der Waals surface area contributed by atoms with E-state index in [0.717, 1.165) is 19.3 Å². The van der Waals surface area contributed by atoms with Crippen molar-refractivity contribution in [3.05, 3.63) is 83.9 Å². The van der Waals surface area contributed by atoms with E-state index in [1.54, 1.807) is 48.5 Å². The van der Waals surface area contributed by atoms with Crippen LogP contribution in [-0.4, -0.2) is 52.2 Å². The van der Waals surface area contributed by atoms with Gasteiger partial charge in [-0.1, -0.05) is 133 Å². The summed E-state index contributed by atoms with van der Waals surface area (Å²) in [6.45, 7) is 2.25. The van der Waals surface area contributed by atoms with Crippen molar-refractivity contribution in [2.24, 2.45) is 0 Å². The van der Waals surface area contributed by atoms with Gasteiger partial charge in [-0.25, -0.2) is 9.59 Å². The smallest absolute Gasteiger partial charge is 0.340 e. The Labute approximate surface area is 274 Å². The quantitative estimate of drug-likeness (QED) is 0.0467. The topological polar surface area (TPSA) is 119 Å². The third-order valence-electron chi connectivity index (χ3n) is 8.38. The monoisotopic (exact) mass is 636 g/mol. The van der Waals surface area contributed by atoms with Gasteiger partial charge in [0.15, 0.2) is 18.3 Å². The van der Waals surface area contributed by atoms with Crippen LogP contribution in [0.25, 0.3) is 0 Å². The predicted molar refractivity (Wildman–Crippen MR) is 177 cm³/mol. The van der Waals surface area contributed by atoms with Crippen LogP contribution in [0.15, 0.2) is 72.8 Å². The molecule has 2 N–H and O–H groups in total. The summed E-state index contributed by atoms with van der Waals surface area (Å²) in [4.78, 5) is 38.3. The molecule has 0 aromatic heterocycles. The molecule has 0 unspecified atom stereocenters. The van der Waals surface area contributed by atoms with Crippen LogP contribution in [0.5, 0.6) is 0 Å². The third kappa shape index (κ3) is 12.4. The van der Waals surface area contributed by atoms with Crippen molar-refractivity contribution in [3.8, 4) is 0 Å². The minimum atomic E-state index is -2.70. The molecule has 8 nitrogen and oxygen atoms in total. The van der Waals surface area contributed by atoms with Crippen LogP contribution in [0, 0.1) is 0 Å². The van der Waals surface area contributed by atoms with E-state index in [-0.39, 0.29) is 17.5 Å². The molecule has 46 heavy (non-hydrogen) atoms. The molecule has 0 amide bonds. The van der Waals surface area contributed by atoms with Crippen LogP contribution in [0.1, 0.15) is 130 Å². The molecular formula is C38H52O8. The highest BCUT2D eigenvalue weighted by Gasteiger charge is 2.55. The van der Waals surface area contributed by atoms with Gasteiger partial charge in [-0.2, -0.15) is 0 Å². The van der Waals surface area contributed by atoms with Gasteiger partial charge in [0.05, 0.1) is 11.1 Å². The summed E-state index contributed by atoms with van der Waals surface area (Å²) in [5.41, 5.74) is 0.364. The molecule has 1 aliphatic carbocycles. The summed E-state index contributed by atoms with van der Waals surface area (Å²) in [7, 11) is 0. The minimum absolute atomic E-state index is 0.119. The molecule has 4 atom stereocenters. The third-order valence-corrected chi connectivity index (χ3v) is 8.38. The Kier molecular flexibility index (Phi) is 16.6. The molecule has 0 spiro atoms. The molecule has 0 fully saturated rings. The minimum Gasteiger partial charge on any atom is -0.451 e. The molecule has 252 valence electrons. The van der Waals surface area contributed by atoms with Crippen molar-refractivity contribution < 1.29 is 38.8 Å². The highest BCUT2D eigenvalue weighted by Crippen LogP contribution is 2.32. The van der Waals surface area contributed by atoms with Gasteiger partial charge in [-0.3, -0.25) is 4.79 Å². The van der Waals surface area contributed by atoms with E-state index in [2.05, 4.69) is 6.92 Å². The molecule has 3 rings (SSSR count). The zero-order valence-corrected chi connectivity index (χ0v) is 27.3. The van der Waals surface area contributed by atoms with E-state index in [0.29, 0.717) is 6.42 Å². The Bertz CT molecular complexity index is 1200. The van der Waals surface area contributed by atoms with E-state index < -0.39 is 42.0 Å². The van der Waals surface area contributed by atoms with Gasteiger partial charge in [0, 0.05) is 6.42 Å². The number of esters is 3. The number of rotatable bonds is 21. The Morgan fingerprint density at radius 3 is 1.59 bits per heavy atom. The maximum atomic E-state index is 12.9. The van der Waals surface area contributed by atoms with Crippen molar-refractivity contribution in [1.29, 1.82) is 0 Å². The molecule has 0 aliphatic heterocycles. The van der Waals surface area contributed by atoms with Gasteiger partial charge in [0.2, 0.25) is 0 Å². The summed E-state index contributed by atoms with van der Waals surface area (Å²) in [5, 5.41) is 22.7. The maximum absolute atomic E-state index is 12.9. The number of aliphatic hydroxyl groups is 2. The van der Waals surface area contributed by atoms with Gasteiger partial charge in [0.25, 0.3) is 5.79 Å². The summed E-state index contributed by atoms with van der Waals surface area (Å²) in [6.07, 6.45) is 16.0. The first-order chi connectivity index (χ1) is 22.3. The first-order valence-electron chi connectivity index (χ1n) is 17.2. The Morgan fingerprint density at radius 1 is 0.630 bits per heavy atom. The van der Waals surface area contributed by atoms with Crippen LogP contribution in [0.3, 0.4) is 0 Å². The normalized spacial score (nSPS) is 20.6. The Morgan fingerprint density at radius 2 is 1.09 bits per heavy atom. The van der Waals surface area contributed by atoms with Crippen LogP contribution < -0.4 is 0 Å². The SMILES string of the molecule is CCCCCCCCCCCCCCCCCC(=O)O[C@@H]1C=C[C@@H](OC(=O)c2ccccc2)[C@H](O)[C@]1(O)OC(=O)c1ccccc1. The zero-order valence-electron chi connectivity index (χ0n) is 27.3. The van der Waals surface area contributed by atoms with Gasteiger partial charge in [-0.15, -0.1) is 0 Å². The number of carbonyl (C=O) groups excluding carboxylic acids is 3. The fourth-order valence-electron chi connectivity index (χ4n) is 5.59. The number of carbonyl (C=O) groups is 3. The molecule has 2 aromatic carbocycles. The molecular weight excluding hydrogens is 584 g/mol. The van der Waals surface area contributed by atoms with Crippen molar-refractivity contribution in [2.45, 2.75) is 134 Å². The van der Waals surface area contributed by atoms with Crippen molar-refractivity contribution in [3.63, 3.8) is 0 Å². The maximum Gasteiger partial charge on any atom is 0.340 e. The summed E-state index contributed by atoms with van der Waals surface area (Å²) in [5.74, 6) is -4.97. The summed E-state index contributed by atoms with van der Waals surface area (Å²) < 4.78 is 16.3. The lowest BCUT2D eigenvalue weighted by atomic mass is 9.91. The Balaban J connectivity index is 1.44. The van der Waals surface area contributed by atoms with Crippen molar-refractivity contribution >= 4 is 17.9 Å². The van der Waals surface area contributed by atoms with Gasteiger partial charge in [0.1, 0.15) is 0 Å². The van der Waals surface area contributed by atoms with E-state index in [4.69, 9.17) is 14.2 Å². The second-order valence-electron chi connectivity index (χ2n) is 12.2. The fourth-order valence-corrected chi connectivity index (χ4v) is 5.59. The van der Waals surface area contributed by atoms with E-state index in [9.17, 15) is 24.6 Å². The Hall–Kier alpha value is -3.49. The zero-order chi connectivity index (χ0) is 33.0. The first-order valence-corrected chi connectivity index (χ1v) is 17.2. The van der Waals surface area contributed by atoms with Crippen molar-refractivity contribution in [2.75, 3.05) is 0 Å². The van der Waals surface area contributed by atoms with Gasteiger partial charge < -0.3 is 24.4 Å². The molecule has 0 radical (unpaired) electrons. The van der Waals surface area contributed by atoms with Crippen LogP contribution in [0.2, 0.25) is 0 Å². The molecule has 8 heteroatoms. The molecule has 0 saturated carbocycles. The van der Waals surface area contributed by atoms with Crippen LogP contribution >= 0.6 is 0 Å². The highest BCUT2D eigenvalue weighted by molar-refractivity contribution is 5.90. The van der Waals surface area contributed by atoms with E-state index in [1.807, 2.05) is 0 Å². The number of benzene rings is 2. The number of hydrogen-bond acceptors (Lipinski definition) is 8. The molecule has 0 bridgehead atoms. The molecule has 1 aliphatic rings. The molecule has 2 aromatic rings. The average molecular weight is 637 g/mol. The second-order valence-corrected chi connectivity index (χ2v) is 12.2. The number of unbranched alkanes of at least 4 members (excludes halogenated alkanes) is 14. The predicted octanol–water partition coefficient (Wildman–Crippen LogP) is 7.86. The lowest BCUT2D eigenvalue weighted by Crippen LogP contribution is -2.62. The standard InChI is InChI=1S/C38H52O8/c1-2-3-4-5-6-7-8-9-10-11-12-13-14-15-22-27-34(39)45-33-29-28-32(44-36(41)30-23-18-16-19-24-30)35(40)38(33,43)46-37(42)31-25-20-17-21-26-31/h16-21,23-26,28-29,32-33,35,40,43H,2-15,22,27H2,1H3/t32-,33-,35+,38-/m1/s1. The lowest BCUT2D eigenvalue weighted by Gasteiger charge is -2.41.